The Bertz CT molecular complexity index is 396. The van der Waals surface area contributed by atoms with Crippen molar-refractivity contribution in [1.82, 2.24) is 9.84 Å². The molecule has 0 aliphatic rings. The average Bonchev–Trinajstić information content (AvgIpc) is 2.49. The molecule has 0 atom stereocenters. The Kier molecular flexibility index (Phi) is 3.27. The quantitative estimate of drug-likeness (QED) is 0.666. The molecule has 0 unspecified atom stereocenters. The maximum atomic E-state index is 11.5. The van der Waals surface area contributed by atoms with E-state index in [0.717, 1.165) is 0 Å². The number of hydrogen-bond donors (Lipinski definition) is 2. The normalized spacial score (nSPS) is 12.3. The van der Waals surface area contributed by atoms with Crippen molar-refractivity contribution in [3.8, 4) is 0 Å². The summed E-state index contributed by atoms with van der Waals surface area (Å²) in [6.07, 6.45) is 0. The lowest BCUT2D eigenvalue weighted by Gasteiger charge is -2.10. The Morgan fingerprint density at radius 3 is 2.57 bits per heavy atom. The first-order chi connectivity index (χ1) is 6.45. The van der Waals surface area contributed by atoms with Gasteiger partial charge in [-0.3, -0.25) is 0 Å². The van der Waals surface area contributed by atoms with Crippen LogP contribution < -0.4 is 10.6 Å². The fraction of sp³-hybridized carbons (Fsp3) is 0.429. The first kappa shape index (κ1) is 11.2. The van der Waals surface area contributed by atoms with Gasteiger partial charge in [0.2, 0.25) is 5.09 Å². The van der Waals surface area contributed by atoms with Gasteiger partial charge in [0.15, 0.2) is 0 Å². The van der Waals surface area contributed by atoms with Crippen molar-refractivity contribution in [1.29, 1.82) is 0 Å². The third-order valence-electron chi connectivity index (χ3n) is 1.41. The molecule has 1 aromatic rings. The molecule has 1 aromatic heterocycles. The van der Waals surface area contributed by atoms with Crippen molar-refractivity contribution in [2.45, 2.75) is 11.6 Å². The van der Waals surface area contributed by atoms with Crippen LogP contribution in [0.5, 0.6) is 0 Å². The maximum absolute atomic E-state index is 11.5. The molecular weight excluding hydrogens is 206 g/mol. The van der Waals surface area contributed by atoms with Gasteiger partial charge in [-0.05, 0) is 12.1 Å². The van der Waals surface area contributed by atoms with Gasteiger partial charge in [0.05, 0.1) is 6.54 Å². The lowest BCUT2D eigenvalue weighted by atomic mass is 10.5. The van der Waals surface area contributed by atoms with Gasteiger partial charge in [-0.1, -0.05) is 0 Å². The highest BCUT2D eigenvalue weighted by Crippen LogP contribution is 2.12. The Morgan fingerprint density at radius 2 is 2.14 bits per heavy atom. The van der Waals surface area contributed by atoms with E-state index < -0.39 is 10.0 Å². The van der Waals surface area contributed by atoms with Crippen molar-refractivity contribution < 1.29 is 12.8 Å². The van der Waals surface area contributed by atoms with Crippen LogP contribution in [0.4, 0.5) is 0 Å². The van der Waals surface area contributed by atoms with Crippen molar-refractivity contribution in [3.63, 3.8) is 0 Å². The fourth-order valence-corrected chi connectivity index (χ4v) is 1.93. The highest BCUT2D eigenvalue weighted by atomic mass is 32.2. The minimum absolute atomic E-state index is 0.133. The van der Waals surface area contributed by atoms with Gasteiger partial charge in [0.1, 0.15) is 5.76 Å². The van der Waals surface area contributed by atoms with Crippen molar-refractivity contribution in [2.24, 2.45) is 5.73 Å². The van der Waals surface area contributed by atoms with Gasteiger partial charge in [0.25, 0.3) is 10.0 Å². The van der Waals surface area contributed by atoms with Crippen LogP contribution in [0.1, 0.15) is 5.76 Å². The van der Waals surface area contributed by atoms with Crippen LogP contribution in [0.15, 0.2) is 21.6 Å². The number of rotatable bonds is 4. The summed E-state index contributed by atoms with van der Waals surface area (Å²) in [6, 6.07) is 2.90. The summed E-state index contributed by atoms with van der Waals surface area (Å²) in [4.78, 5) is 2.24. The average molecular weight is 219 g/mol. The Morgan fingerprint density at radius 1 is 1.50 bits per heavy atom. The second-order valence-electron chi connectivity index (χ2n) is 2.91. The van der Waals surface area contributed by atoms with Crippen LogP contribution in [0.25, 0.3) is 0 Å². The third kappa shape index (κ3) is 2.55. The molecule has 0 amide bonds. The first-order valence-corrected chi connectivity index (χ1v) is 5.42. The minimum Gasteiger partial charge on any atom is -0.447 e. The summed E-state index contributed by atoms with van der Waals surface area (Å²) in [5, 5.41) is 1.19. The number of nitrogens with two attached hydrogens (primary N) is 1. The monoisotopic (exact) mass is 219 g/mol. The summed E-state index contributed by atoms with van der Waals surface area (Å²) >= 11 is 0. The molecule has 14 heavy (non-hydrogen) atoms. The fourth-order valence-electron chi connectivity index (χ4n) is 0.898. The minimum atomic E-state index is -3.60. The SMILES string of the molecule is CN(C)NS(=O)(=O)c1ccc(CN)o1. The van der Waals surface area contributed by atoms with Crippen molar-refractivity contribution in [3.05, 3.63) is 17.9 Å². The molecular formula is C7H13N3O3S. The lowest BCUT2D eigenvalue weighted by molar-refractivity contribution is 0.348. The zero-order valence-corrected chi connectivity index (χ0v) is 8.84. The number of furan rings is 1. The standard InChI is InChI=1S/C7H13N3O3S/c1-10(2)9-14(11,12)7-4-3-6(5-8)13-7/h3-4,9H,5,8H2,1-2H3. The number of hydrazine groups is 1. The number of hydrogen-bond acceptors (Lipinski definition) is 5. The topological polar surface area (TPSA) is 88.6 Å². The van der Waals surface area contributed by atoms with Crippen LogP contribution >= 0.6 is 0 Å². The van der Waals surface area contributed by atoms with Crippen LogP contribution in [-0.2, 0) is 16.6 Å². The van der Waals surface area contributed by atoms with E-state index in [1.807, 2.05) is 0 Å². The van der Waals surface area contributed by atoms with E-state index >= 15 is 0 Å². The van der Waals surface area contributed by atoms with Gasteiger partial charge in [0, 0.05) is 14.1 Å². The predicted octanol–water partition coefficient (Wildman–Crippen LogP) is -0.507. The van der Waals surface area contributed by atoms with E-state index in [4.69, 9.17) is 10.2 Å². The van der Waals surface area contributed by atoms with Gasteiger partial charge < -0.3 is 10.2 Å². The molecule has 1 heterocycles. The number of nitrogens with one attached hydrogen (secondary N) is 1. The zero-order valence-electron chi connectivity index (χ0n) is 8.02. The number of nitrogens with zero attached hydrogens (tertiary/aromatic N) is 1. The Balaban J connectivity index is 2.93. The molecule has 0 aliphatic heterocycles. The van der Waals surface area contributed by atoms with Gasteiger partial charge in [-0.25, -0.2) is 13.4 Å². The predicted molar refractivity (Wildman–Crippen MR) is 50.6 cm³/mol. The second-order valence-corrected chi connectivity index (χ2v) is 4.51. The lowest BCUT2D eigenvalue weighted by Crippen LogP contribution is -2.35. The molecule has 0 aliphatic carbocycles. The smallest absolute Gasteiger partial charge is 0.286 e. The summed E-state index contributed by atoms with van der Waals surface area (Å²) < 4.78 is 28.0. The van der Waals surface area contributed by atoms with Gasteiger partial charge in [-0.2, -0.15) is 0 Å². The van der Waals surface area contributed by atoms with Crippen molar-refractivity contribution >= 4 is 10.0 Å². The third-order valence-corrected chi connectivity index (χ3v) is 2.76. The van der Waals surface area contributed by atoms with Crippen LogP contribution in [0.3, 0.4) is 0 Å². The van der Waals surface area contributed by atoms with E-state index in [1.165, 1.54) is 17.1 Å². The molecule has 0 spiro atoms. The maximum Gasteiger partial charge on any atom is 0.286 e. The van der Waals surface area contributed by atoms with E-state index in [0.29, 0.717) is 5.76 Å². The second kappa shape index (κ2) is 4.09. The van der Waals surface area contributed by atoms with E-state index in [9.17, 15) is 8.42 Å². The summed E-state index contributed by atoms with van der Waals surface area (Å²) in [5.41, 5.74) is 5.29. The first-order valence-electron chi connectivity index (χ1n) is 3.94. The summed E-state index contributed by atoms with van der Waals surface area (Å²) in [6.45, 7) is 0.178. The molecule has 0 bridgehead atoms. The van der Waals surface area contributed by atoms with Crippen LogP contribution in [0, 0.1) is 0 Å². The molecule has 0 radical (unpaired) electrons. The van der Waals surface area contributed by atoms with E-state index in [-0.39, 0.29) is 11.6 Å². The van der Waals surface area contributed by atoms with Gasteiger partial charge >= 0.3 is 0 Å². The molecule has 6 nitrogen and oxygen atoms in total. The molecule has 0 fully saturated rings. The molecule has 0 saturated carbocycles. The van der Waals surface area contributed by atoms with Crippen molar-refractivity contribution in [2.75, 3.05) is 14.1 Å². The highest BCUT2D eigenvalue weighted by molar-refractivity contribution is 7.89. The molecule has 3 N–H and O–H groups in total. The molecule has 7 heteroatoms. The van der Waals surface area contributed by atoms with Gasteiger partial charge in [-0.15, -0.1) is 4.83 Å². The largest absolute Gasteiger partial charge is 0.447 e. The molecule has 1 rings (SSSR count). The Labute approximate surface area is 82.7 Å². The summed E-state index contributed by atoms with van der Waals surface area (Å²) in [7, 11) is -0.448. The highest BCUT2D eigenvalue weighted by Gasteiger charge is 2.18. The zero-order chi connectivity index (χ0) is 10.8. The number of sulfonamides is 1. The van der Waals surface area contributed by atoms with Crippen LogP contribution in [0.2, 0.25) is 0 Å². The molecule has 80 valence electrons. The molecule has 0 aromatic carbocycles. The Hall–Kier alpha value is -0.890. The molecule has 0 saturated heterocycles. The van der Waals surface area contributed by atoms with Crippen LogP contribution in [-0.4, -0.2) is 27.5 Å². The summed E-state index contributed by atoms with van der Waals surface area (Å²) in [5.74, 6) is 0.434. The van der Waals surface area contributed by atoms with E-state index in [1.54, 1.807) is 14.1 Å². The van der Waals surface area contributed by atoms with E-state index in [2.05, 4.69) is 4.83 Å².